The van der Waals surface area contributed by atoms with E-state index in [0.717, 1.165) is 0 Å². The topological polar surface area (TPSA) is 62.7 Å². The average Bonchev–Trinajstić information content (AvgIpc) is 2.59. The van der Waals surface area contributed by atoms with Gasteiger partial charge in [-0.3, -0.25) is 0 Å². The molecule has 0 N–H and O–H groups in total. The normalized spacial score (nSPS) is 9.00. The second kappa shape index (κ2) is 4.54. The third kappa shape index (κ3) is 2.24. The monoisotopic (exact) mass is 196 g/mol. The first kappa shape index (κ1) is 9.64. The molecule has 0 spiro atoms. The summed E-state index contributed by atoms with van der Waals surface area (Å²) < 4.78 is 4.69. The van der Waals surface area contributed by atoms with Gasteiger partial charge in [-0.15, -0.1) is 0 Å². The molecule has 1 heterocycles. The quantitative estimate of drug-likeness (QED) is 0.317. The summed E-state index contributed by atoms with van der Waals surface area (Å²) in [4.78, 5) is 14.1. The van der Waals surface area contributed by atoms with Crippen LogP contribution in [0, 0.1) is 0 Å². The van der Waals surface area contributed by atoms with Crippen LogP contribution in [0.5, 0.6) is 0 Å². The molecule has 0 fully saturated rings. The Bertz CT molecular complexity index is 339. The van der Waals surface area contributed by atoms with Crippen molar-refractivity contribution < 1.29 is 14.3 Å². The summed E-state index contributed by atoms with van der Waals surface area (Å²) >= 11 is 1.42. The first-order chi connectivity index (χ1) is 6.29. The van der Waals surface area contributed by atoms with Crippen molar-refractivity contribution in [3.8, 4) is 0 Å². The molecule has 0 bridgehead atoms. The summed E-state index contributed by atoms with van der Waals surface area (Å²) in [5, 5.41) is 3.51. The minimum absolute atomic E-state index is 0.0527. The summed E-state index contributed by atoms with van der Waals surface area (Å²) in [5.41, 5.74) is 9.11. The SMILES string of the molecule is CCOC(=O)C(=[N+]=[N-])c1ccsc1. The van der Waals surface area contributed by atoms with Gasteiger partial charge < -0.3 is 10.3 Å². The van der Waals surface area contributed by atoms with E-state index in [1.807, 2.05) is 0 Å². The molecule has 0 saturated heterocycles. The van der Waals surface area contributed by atoms with Crippen molar-refractivity contribution in [2.75, 3.05) is 6.61 Å². The van der Waals surface area contributed by atoms with E-state index in [1.54, 1.807) is 23.8 Å². The van der Waals surface area contributed by atoms with E-state index in [4.69, 9.17) is 10.3 Å². The highest BCUT2D eigenvalue weighted by atomic mass is 32.1. The smallest absolute Gasteiger partial charge is 0.422 e. The lowest BCUT2D eigenvalue weighted by atomic mass is 10.2. The van der Waals surface area contributed by atoms with Crippen LogP contribution in [0.3, 0.4) is 0 Å². The molecule has 0 unspecified atom stereocenters. The van der Waals surface area contributed by atoms with Gasteiger partial charge in [0.05, 0.1) is 12.2 Å². The minimum Gasteiger partial charge on any atom is -0.457 e. The number of thiophene rings is 1. The van der Waals surface area contributed by atoms with Crippen LogP contribution in [0.25, 0.3) is 5.53 Å². The van der Waals surface area contributed by atoms with Crippen LogP contribution in [0.2, 0.25) is 0 Å². The van der Waals surface area contributed by atoms with Crippen molar-refractivity contribution in [2.45, 2.75) is 6.92 Å². The fourth-order valence-electron chi connectivity index (χ4n) is 0.815. The first-order valence-electron chi connectivity index (χ1n) is 3.71. The molecule has 0 radical (unpaired) electrons. The summed E-state index contributed by atoms with van der Waals surface area (Å²) in [6, 6.07) is 1.69. The Morgan fingerprint density at radius 1 is 1.77 bits per heavy atom. The van der Waals surface area contributed by atoms with E-state index in [-0.39, 0.29) is 12.3 Å². The lowest BCUT2D eigenvalue weighted by Gasteiger charge is -1.94. The van der Waals surface area contributed by atoms with Gasteiger partial charge in [-0.1, -0.05) is 0 Å². The van der Waals surface area contributed by atoms with Gasteiger partial charge >= 0.3 is 11.7 Å². The number of carbonyl (C=O) groups is 1. The van der Waals surface area contributed by atoms with E-state index in [9.17, 15) is 4.79 Å². The zero-order valence-electron chi connectivity index (χ0n) is 7.06. The molecule has 1 aromatic heterocycles. The molecule has 13 heavy (non-hydrogen) atoms. The Morgan fingerprint density at radius 3 is 3.00 bits per heavy atom. The molecule has 0 amide bonds. The molecule has 68 valence electrons. The molecule has 1 aromatic rings. The van der Waals surface area contributed by atoms with Gasteiger partial charge in [0.2, 0.25) is 0 Å². The number of nitrogens with zero attached hydrogens (tertiary/aromatic N) is 2. The van der Waals surface area contributed by atoms with Crippen LogP contribution >= 0.6 is 11.3 Å². The summed E-state index contributed by atoms with van der Waals surface area (Å²) in [6.45, 7) is 1.96. The Balaban J connectivity index is 2.88. The predicted octanol–water partition coefficient (Wildman–Crippen LogP) is 1.33. The zero-order chi connectivity index (χ0) is 9.68. The van der Waals surface area contributed by atoms with Crippen molar-refractivity contribution in [3.63, 3.8) is 0 Å². The van der Waals surface area contributed by atoms with Crippen molar-refractivity contribution in [3.05, 3.63) is 27.9 Å². The molecule has 0 saturated carbocycles. The van der Waals surface area contributed by atoms with E-state index in [1.165, 1.54) is 11.3 Å². The van der Waals surface area contributed by atoms with Crippen LogP contribution in [-0.4, -0.2) is 23.1 Å². The fraction of sp³-hybridized carbons (Fsp3) is 0.250. The van der Waals surface area contributed by atoms with Crippen LogP contribution in [0.15, 0.2) is 16.8 Å². The van der Waals surface area contributed by atoms with E-state index in [0.29, 0.717) is 5.56 Å². The molecule has 0 aliphatic heterocycles. The highest BCUT2D eigenvalue weighted by Crippen LogP contribution is 2.07. The fourth-order valence-corrected chi connectivity index (χ4v) is 1.46. The van der Waals surface area contributed by atoms with Gasteiger partial charge in [-0.25, -0.2) is 4.79 Å². The molecule has 5 heteroatoms. The first-order valence-corrected chi connectivity index (χ1v) is 4.65. The second-order valence-corrected chi connectivity index (χ2v) is 2.96. The Labute approximate surface area is 79.4 Å². The number of rotatable bonds is 3. The molecular formula is C8H8N2O2S. The summed E-state index contributed by atoms with van der Waals surface area (Å²) in [7, 11) is 0. The van der Waals surface area contributed by atoms with Crippen LogP contribution in [0.4, 0.5) is 0 Å². The molecular weight excluding hydrogens is 188 g/mol. The number of hydrogen-bond donors (Lipinski definition) is 0. The molecule has 0 atom stereocenters. The van der Waals surface area contributed by atoms with E-state index < -0.39 is 5.97 Å². The lowest BCUT2D eigenvalue weighted by molar-refractivity contribution is -0.139. The van der Waals surface area contributed by atoms with Crippen molar-refractivity contribution in [1.29, 1.82) is 0 Å². The molecule has 0 aliphatic carbocycles. The van der Waals surface area contributed by atoms with E-state index >= 15 is 0 Å². The van der Waals surface area contributed by atoms with Crippen molar-refractivity contribution >= 4 is 23.0 Å². The number of hydrogen-bond acceptors (Lipinski definition) is 3. The van der Waals surface area contributed by atoms with Crippen LogP contribution in [0.1, 0.15) is 12.5 Å². The Kier molecular flexibility index (Phi) is 3.37. The van der Waals surface area contributed by atoms with Gasteiger partial charge in [-0.2, -0.15) is 16.1 Å². The van der Waals surface area contributed by atoms with Crippen molar-refractivity contribution in [1.82, 2.24) is 0 Å². The van der Waals surface area contributed by atoms with Crippen LogP contribution < -0.4 is 0 Å². The highest BCUT2D eigenvalue weighted by molar-refractivity contribution is 7.08. The van der Waals surface area contributed by atoms with Gasteiger partial charge in [0, 0.05) is 5.38 Å². The molecule has 1 rings (SSSR count). The number of esters is 1. The van der Waals surface area contributed by atoms with Gasteiger partial charge in [-0.05, 0) is 18.4 Å². The number of ether oxygens (including phenoxy) is 1. The van der Waals surface area contributed by atoms with Gasteiger partial charge in [0.1, 0.15) is 0 Å². The maximum Gasteiger partial charge on any atom is 0.422 e. The molecule has 0 aliphatic rings. The third-order valence-electron chi connectivity index (χ3n) is 1.36. The largest absolute Gasteiger partial charge is 0.457 e. The lowest BCUT2D eigenvalue weighted by Crippen LogP contribution is -2.19. The maximum absolute atomic E-state index is 11.2. The van der Waals surface area contributed by atoms with Gasteiger partial charge in [0.15, 0.2) is 0 Å². The average molecular weight is 196 g/mol. The van der Waals surface area contributed by atoms with Gasteiger partial charge in [0.25, 0.3) is 0 Å². The van der Waals surface area contributed by atoms with Crippen molar-refractivity contribution in [2.24, 2.45) is 0 Å². The second-order valence-electron chi connectivity index (χ2n) is 2.18. The summed E-state index contributed by atoms with van der Waals surface area (Å²) in [6.07, 6.45) is 0. The summed E-state index contributed by atoms with van der Waals surface area (Å²) in [5.74, 6) is -0.608. The zero-order valence-corrected chi connectivity index (χ0v) is 7.87. The maximum atomic E-state index is 11.2. The standard InChI is InChI=1S/C8H8N2O2S/c1-2-12-8(11)7(10-9)6-3-4-13-5-6/h3-5H,2H2,1H3. The Morgan fingerprint density at radius 2 is 2.54 bits per heavy atom. The molecule has 0 aromatic carbocycles. The predicted molar refractivity (Wildman–Crippen MR) is 48.7 cm³/mol. The van der Waals surface area contributed by atoms with Crippen LogP contribution in [-0.2, 0) is 9.53 Å². The highest BCUT2D eigenvalue weighted by Gasteiger charge is 2.24. The number of carbonyl (C=O) groups excluding carboxylic acids is 1. The third-order valence-corrected chi connectivity index (χ3v) is 2.05. The van der Waals surface area contributed by atoms with E-state index in [2.05, 4.69) is 4.79 Å². The minimum atomic E-state index is -0.608. The molecule has 4 nitrogen and oxygen atoms in total. The Hall–Kier alpha value is -1.45.